The molecule has 1 aliphatic rings. The summed E-state index contributed by atoms with van der Waals surface area (Å²) in [4.78, 5) is 12.0. The fourth-order valence-corrected chi connectivity index (χ4v) is 4.13. The molecule has 0 atom stereocenters. The van der Waals surface area contributed by atoms with E-state index in [1.807, 2.05) is 36.4 Å². The molecule has 2 nitrogen and oxygen atoms in total. The zero-order valence-corrected chi connectivity index (χ0v) is 14.1. The molecule has 0 saturated carbocycles. The summed E-state index contributed by atoms with van der Waals surface area (Å²) < 4.78 is 0. The van der Waals surface area contributed by atoms with E-state index in [1.165, 1.54) is 22.3 Å². The molecule has 0 saturated heterocycles. The maximum absolute atomic E-state index is 12.0. The van der Waals surface area contributed by atoms with E-state index in [4.69, 9.17) is 0 Å². The molecule has 0 amide bonds. The standard InChI is InChI=1S/C24H16O2/c25-24(26)21-13-12-15-6-1-4-9-18(15)23(21)20-11-5-10-19-17-8-3-2-7-16(17)14-22(19)20/h1-13H,14H2,(H,25,26). The van der Waals surface area contributed by atoms with Crippen LogP contribution in [-0.4, -0.2) is 11.1 Å². The minimum absolute atomic E-state index is 0.355. The molecule has 0 spiro atoms. The molecule has 1 N–H and O–H groups in total. The number of carboxylic acid groups (broad SMARTS) is 1. The second-order valence-electron chi connectivity index (χ2n) is 6.68. The highest BCUT2D eigenvalue weighted by molar-refractivity contribution is 6.09. The summed E-state index contributed by atoms with van der Waals surface area (Å²) in [5, 5.41) is 11.8. The first-order chi connectivity index (χ1) is 12.7. The maximum atomic E-state index is 12.0. The Bertz CT molecular complexity index is 1190. The monoisotopic (exact) mass is 336 g/mol. The van der Waals surface area contributed by atoms with Crippen LogP contribution in [0.5, 0.6) is 0 Å². The van der Waals surface area contributed by atoms with Gasteiger partial charge in [0.25, 0.3) is 0 Å². The molecule has 1 aliphatic carbocycles. The molecule has 4 aromatic carbocycles. The van der Waals surface area contributed by atoms with E-state index < -0.39 is 5.97 Å². The summed E-state index contributed by atoms with van der Waals surface area (Å²) in [6.45, 7) is 0. The lowest BCUT2D eigenvalue weighted by Crippen LogP contribution is -2.02. The molecule has 0 bridgehead atoms. The lowest BCUT2D eigenvalue weighted by Gasteiger charge is -2.15. The van der Waals surface area contributed by atoms with Gasteiger partial charge in [-0.2, -0.15) is 0 Å². The van der Waals surface area contributed by atoms with Crippen LogP contribution in [0.4, 0.5) is 0 Å². The molecule has 4 aromatic rings. The first-order valence-electron chi connectivity index (χ1n) is 8.69. The Balaban J connectivity index is 1.86. The van der Waals surface area contributed by atoms with Gasteiger partial charge in [0.1, 0.15) is 0 Å². The van der Waals surface area contributed by atoms with Crippen LogP contribution >= 0.6 is 0 Å². The van der Waals surface area contributed by atoms with E-state index in [0.717, 1.165) is 28.3 Å². The van der Waals surface area contributed by atoms with E-state index in [0.29, 0.717) is 5.56 Å². The molecule has 2 heteroatoms. The highest BCUT2D eigenvalue weighted by atomic mass is 16.4. The fourth-order valence-electron chi connectivity index (χ4n) is 4.13. The smallest absolute Gasteiger partial charge is 0.336 e. The SMILES string of the molecule is O=C(O)c1ccc2ccccc2c1-c1cccc2c1Cc1ccccc1-2. The predicted molar refractivity (Wildman–Crippen MR) is 105 cm³/mol. The molecule has 0 radical (unpaired) electrons. The average molecular weight is 336 g/mol. The topological polar surface area (TPSA) is 37.3 Å². The van der Waals surface area contributed by atoms with Gasteiger partial charge in [-0.3, -0.25) is 0 Å². The molecular weight excluding hydrogens is 320 g/mol. The van der Waals surface area contributed by atoms with Crippen molar-refractivity contribution in [2.45, 2.75) is 6.42 Å². The van der Waals surface area contributed by atoms with Crippen LogP contribution in [0, 0.1) is 0 Å². The van der Waals surface area contributed by atoms with Crippen LogP contribution in [0.25, 0.3) is 33.0 Å². The zero-order chi connectivity index (χ0) is 17.7. The van der Waals surface area contributed by atoms with Crippen LogP contribution in [0.3, 0.4) is 0 Å². The number of carboxylic acids is 1. The van der Waals surface area contributed by atoms with Crippen molar-refractivity contribution >= 4 is 16.7 Å². The summed E-state index contributed by atoms with van der Waals surface area (Å²) in [5.74, 6) is -0.890. The van der Waals surface area contributed by atoms with Crippen molar-refractivity contribution in [1.82, 2.24) is 0 Å². The zero-order valence-electron chi connectivity index (χ0n) is 14.1. The largest absolute Gasteiger partial charge is 0.478 e. The number of rotatable bonds is 2. The Kier molecular flexibility index (Phi) is 3.19. The van der Waals surface area contributed by atoms with Crippen LogP contribution in [-0.2, 0) is 6.42 Å². The van der Waals surface area contributed by atoms with Crippen molar-refractivity contribution in [3.8, 4) is 22.3 Å². The molecule has 0 aliphatic heterocycles. The Morgan fingerprint density at radius 3 is 2.35 bits per heavy atom. The summed E-state index contributed by atoms with van der Waals surface area (Å²) in [6.07, 6.45) is 0.837. The number of fused-ring (bicyclic) bond motifs is 4. The summed E-state index contributed by atoms with van der Waals surface area (Å²) in [7, 11) is 0. The number of benzene rings is 4. The first kappa shape index (κ1) is 14.9. The van der Waals surface area contributed by atoms with Crippen molar-refractivity contribution < 1.29 is 9.90 Å². The lowest BCUT2D eigenvalue weighted by atomic mass is 9.89. The maximum Gasteiger partial charge on any atom is 0.336 e. The fraction of sp³-hybridized carbons (Fsp3) is 0.0417. The van der Waals surface area contributed by atoms with E-state index >= 15 is 0 Å². The number of carbonyl (C=O) groups is 1. The molecule has 0 aromatic heterocycles. The van der Waals surface area contributed by atoms with Gasteiger partial charge in [-0.15, -0.1) is 0 Å². The minimum Gasteiger partial charge on any atom is -0.478 e. The van der Waals surface area contributed by atoms with Crippen LogP contribution < -0.4 is 0 Å². The lowest BCUT2D eigenvalue weighted by molar-refractivity contribution is 0.0698. The highest BCUT2D eigenvalue weighted by Crippen LogP contribution is 2.43. The Labute approximate surface area is 151 Å². The second kappa shape index (κ2) is 5.57. The number of aromatic carboxylic acids is 1. The third-order valence-electron chi connectivity index (χ3n) is 5.28. The van der Waals surface area contributed by atoms with E-state index in [-0.39, 0.29) is 0 Å². The molecular formula is C24H16O2. The van der Waals surface area contributed by atoms with Gasteiger partial charge in [-0.05, 0) is 51.1 Å². The second-order valence-corrected chi connectivity index (χ2v) is 6.68. The minimum atomic E-state index is -0.890. The van der Waals surface area contributed by atoms with Crippen LogP contribution in [0.15, 0.2) is 78.9 Å². The quantitative estimate of drug-likeness (QED) is 0.444. The summed E-state index contributed by atoms with van der Waals surface area (Å²) >= 11 is 0. The van der Waals surface area contributed by atoms with Crippen molar-refractivity contribution in [1.29, 1.82) is 0 Å². The van der Waals surface area contributed by atoms with Gasteiger partial charge in [-0.1, -0.05) is 72.8 Å². The Morgan fingerprint density at radius 2 is 1.46 bits per heavy atom. The summed E-state index contributed by atoms with van der Waals surface area (Å²) in [5.41, 5.74) is 7.17. The van der Waals surface area contributed by atoms with Crippen molar-refractivity contribution in [2.75, 3.05) is 0 Å². The number of hydrogen-bond acceptors (Lipinski definition) is 1. The Hall–Kier alpha value is -3.39. The molecule has 0 unspecified atom stereocenters. The van der Waals surface area contributed by atoms with Crippen LogP contribution in [0.2, 0.25) is 0 Å². The molecule has 0 heterocycles. The average Bonchev–Trinajstić information content (AvgIpc) is 3.06. The third kappa shape index (κ3) is 2.09. The van der Waals surface area contributed by atoms with Gasteiger partial charge in [0, 0.05) is 5.56 Å². The van der Waals surface area contributed by atoms with Gasteiger partial charge in [0.2, 0.25) is 0 Å². The molecule has 5 rings (SSSR count). The predicted octanol–water partition coefficient (Wildman–Crippen LogP) is 5.78. The van der Waals surface area contributed by atoms with E-state index in [2.05, 4.69) is 36.4 Å². The van der Waals surface area contributed by atoms with Crippen LogP contribution in [0.1, 0.15) is 21.5 Å². The number of hydrogen-bond donors (Lipinski definition) is 1. The van der Waals surface area contributed by atoms with E-state index in [9.17, 15) is 9.90 Å². The summed E-state index contributed by atoms with van der Waals surface area (Å²) in [6, 6.07) is 26.2. The molecule has 26 heavy (non-hydrogen) atoms. The molecule has 124 valence electrons. The van der Waals surface area contributed by atoms with Gasteiger partial charge < -0.3 is 5.11 Å². The van der Waals surface area contributed by atoms with Gasteiger partial charge in [0.15, 0.2) is 0 Å². The normalized spacial score (nSPS) is 12.0. The first-order valence-corrected chi connectivity index (χ1v) is 8.69. The highest BCUT2D eigenvalue weighted by Gasteiger charge is 2.24. The van der Waals surface area contributed by atoms with E-state index in [1.54, 1.807) is 6.07 Å². The van der Waals surface area contributed by atoms with Crippen molar-refractivity contribution in [2.24, 2.45) is 0 Å². The van der Waals surface area contributed by atoms with Gasteiger partial charge >= 0.3 is 5.97 Å². The van der Waals surface area contributed by atoms with Crippen molar-refractivity contribution in [3.05, 3.63) is 95.6 Å². The van der Waals surface area contributed by atoms with Gasteiger partial charge in [0.05, 0.1) is 5.56 Å². The third-order valence-corrected chi connectivity index (χ3v) is 5.28. The Morgan fingerprint density at radius 1 is 0.731 bits per heavy atom. The molecule has 0 fully saturated rings. The van der Waals surface area contributed by atoms with Gasteiger partial charge in [-0.25, -0.2) is 4.79 Å². The van der Waals surface area contributed by atoms with Crippen molar-refractivity contribution in [3.63, 3.8) is 0 Å².